The van der Waals surface area contributed by atoms with Gasteiger partial charge in [0.2, 0.25) is 23.6 Å². The van der Waals surface area contributed by atoms with Gasteiger partial charge in [-0.05, 0) is 37.0 Å². The molecule has 2 aromatic heterocycles. The molecule has 34 heavy (non-hydrogen) atoms. The van der Waals surface area contributed by atoms with Gasteiger partial charge in [-0.1, -0.05) is 55.4 Å². The minimum Gasteiger partial charge on any atom is -0.382 e. The van der Waals surface area contributed by atoms with Crippen LogP contribution in [0.25, 0.3) is 22.4 Å². The molecule has 0 atom stereocenters. The van der Waals surface area contributed by atoms with Gasteiger partial charge in [-0.3, -0.25) is 10.1 Å². The summed E-state index contributed by atoms with van der Waals surface area (Å²) in [6.45, 7) is 8.35. The third-order valence-electron chi connectivity index (χ3n) is 5.65. The third-order valence-corrected chi connectivity index (χ3v) is 5.65. The molecule has 8 nitrogen and oxygen atoms in total. The molecule has 178 valence electrons. The Balaban J connectivity index is 1.38. The maximum Gasteiger partial charge on any atom is 0.227 e. The molecule has 0 saturated carbocycles. The van der Waals surface area contributed by atoms with Crippen LogP contribution in [0.3, 0.4) is 0 Å². The van der Waals surface area contributed by atoms with Crippen LogP contribution in [0, 0.1) is 0 Å². The number of nitrogens with one attached hydrogen (secondary N) is 1. The Kier molecular flexibility index (Phi) is 7.69. The predicted molar refractivity (Wildman–Crippen MR) is 132 cm³/mol. The summed E-state index contributed by atoms with van der Waals surface area (Å²) in [7, 11) is 0. The molecule has 0 aliphatic rings. The van der Waals surface area contributed by atoms with Gasteiger partial charge in [0.05, 0.1) is 11.0 Å². The number of ether oxygens (including phenoxy) is 1. The molecule has 4 aromatic rings. The molecule has 0 radical (unpaired) electrons. The monoisotopic (exact) mass is 461 g/mol. The van der Waals surface area contributed by atoms with Crippen LogP contribution in [0.4, 0.5) is 5.95 Å². The van der Waals surface area contributed by atoms with E-state index in [2.05, 4.69) is 46.4 Å². The Hall–Kier alpha value is -3.52. The van der Waals surface area contributed by atoms with Gasteiger partial charge in [-0.2, -0.15) is 4.98 Å². The van der Waals surface area contributed by atoms with Gasteiger partial charge in [0.25, 0.3) is 0 Å². The molecule has 4 rings (SSSR count). The van der Waals surface area contributed by atoms with Gasteiger partial charge >= 0.3 is 0 Å². The van der Waals surface area contributed by atoms with Crippen molar-refractivity contribution in [1.29, 1.82) is 0 Å². The molecule has 0 saturated heterocycles. The lowest BCUT2D eigenvalue weighted by Crippen LogP contribution is -2.17. The second-order valence-electron chi connectivity index (χ2n) is 8.46. The molecule has 0 unspecified atom stereocenters. The van der Waals surface area contributed by atoms with Crippen molar-refractivity contribution in [3.05, 3.63) is 60.0 Å². The summed E-state index contributed by atoms with van der Waals surface area (Å²) in [6.07, 6.45) is 1.41. The highest BCUT2D eigenvalue weighted by Crippen LogP contribution is 2.22. The number of benzene rings is 2. The van der Waals surface area contributed by atoms with Crippen LogP contribution in [0.15, 0.2) is 53.1 Å². The smallest absolute Gasteiger partial charge is 0.227 e. The summed E-state index contributed by atoms with van der Waals surface area (Å²) in [5.41, 5.74) is 3.98. The molecule has 0 spiro atoms. The lowest BCUT2D eigenvalue weighted by atomic mass is 10.0. The summed E-state index contributed by atoms with van der Waals surface area (Å²) >= 11 is 0. The number of hydrogen-bond acceptors (Lipinski definition) is 6. The van der Waals surface area contributed by atoms with E-state index in [0.717, 1.165) is 23.0 Å². The standard InChI is InChI=1S/C26H31N5O3/c1-4-33-17-7-16-31-22-9-6-5-8-21(22)27-26(31)28-23(32)14-15-24-29-25(30-34-24)20-12-10-19(11-13-20)18(2)3/h5-6,8-13,18H,4,7,14-17H2,1-3H3,(H,27,28,32). The molecular formula is C26H31N5O3. The number of aromatic nitrogens is 4. The molecule has 2 aromatic carbocycles. The Labute approximate surface area is 199 Å². The summed E-state index contributed by atoms with van der Waals surface area (Å²) in [6, 6.07) is 16.0. The number of carbonyl (C=O) groups excluding carboxylic acids is 1. The van der Waals surface area contributed by atoms with E-state index in [0.29, 0.717) is 49.8 Å². The molecule has 8 heteroatoms. The second-order valence-corrected chi connectivity index (χ2v) is 8.46. The summed E-state index contributed by atoms with van der Waals surface area (Å²) in [4.78, 5) is 21.8. The molecule has 2 heterocycles. The summed E-state index contributed by atoms with van der Waals surface area (Å²) in [5, 5.41) is 7.02. The minimum absolute atomic E-state index is 0.151. The van der Waals surface area contributed by atoms with Gasteiger partial charge in [-0.25, -0.2) is 4.98 Å². The average Bonchev–Trinajstić information content (AvgIpc) is 3.45. The first-order valence-corrected chi connectivity index (χ1v) is 11.8. The molecule has 1 amide bonds. The zero-order chi connectivity index (χ0) is 23.9. The van der Waals surface area contributed by atoms with Gasteiger partial charge in [-0.15, -0.1) is 0 Å². The van der Waals surface area contributed by atoms with Crippen molar-refractivity contribution >= 4 is 22.9 Å². The van der Waals surface area contributed by atoms with Crippen molar-refractivity contribution < 1.29 is 14.1 Å². The number of hydrogen-bond donors (Lipinski definition) is 1. The van der Waals surface area contributed by atoms with E-state index < -0.39 is 0 Å². The van der Waals surface area contributed by atoms with Crippen LogP contribution < -0.4 is 5.32 Å². The van der Waals surface area contributed by atoms with Crippen LogP contribution in [-0.4, -0.2) is 38.8 Å². The third kappa shape index (κ3) is 5.69. The zero-order valence-corrected chi connectivity index (χ0v) is 20.0. The number of carbonyl (C=O) groups is 1. The molecule has 0 aliphatic carbocycles. The van der Waals surface area contributed by atoms with Crippen LogP contribution in [0.5, 0.6) is 0 Å². The average molecular weight is 462 g/mol. The number of anilines is 1. The fraction of sp³-hybridized carbons (Fsp3) is 0.385. The number of aryl methyl sites for hydroxylation is 2. The fourth-order valence-corrected chi connectivity index (χ4v) is 3.76. The number of nitrogens with zero attached hydrogens (tertiary/aromatic N) is 4. The van der Waals surface area contributed by atoms with E-state index in [1.54, 1.807) is 0 Å². The van der Waals surface area contributed by atoms with E-state index in [4.69, 9.17) is 9.26 Å². The van der Waals surface area contributed by atoms with E-state index in [-0.39, 0.29) is 12.3 Å². The maximum absolute atomic E-state index is 12.7. The molecule has 0 bridgehead atoms. The Bertz CT molecular complexity index is 1230. The molecule has 0 aliphatic heterocycles. The lowest BCUT2D eigenvalue weighted by Gasteiger charge is -2.10. The van der Waals surface area contributed by atoms with E-state index in [9.17, 15) is 4.79 Å². The van der Waals surface area contributed by atoms with Crippen molar-refractivity contribution in [2.75, 3.05) is 18.5 Å². The highest BCUT2D eigenvalue weighted by molar-refractivity contribution is 5.91. The fourth-order valence-electron chi connectivity index (χ4n) is 3.76. The predicted octanol–water partition coefficient (Wildman–Crippen LogP) is 5.21. The van der Waals surface area contributed by atoms with Crippen molar-refractivity contribution in [3.8, 4) is 11.4 Å². The Morgan fingerprint density at radius 2 is 1.91 bits per heavy atom. The normalized spacial score (nSPS) is 11.4. The van der Waals surface area contributed by atoms with Crippen molar-refractivity contribution in [3.63, 3.8) is 0 Å². The topological polar surface area (TPSA) is 95.1 Å². The molecular weight excluding hydrogens is 430 g/mol. The van der Waals surface area contributed by atoms with E-state index >= 15 is 0 Å². The maximum atomic E-state index is 12.7. The highest BCUT2D eigenvalue weighted by Gasteiger charge is 2.15. The first kappa shape index (κ1) is 23.6. The number of fused-ring (bicyclic) bond motifs is 1. The van der Waals surface area contributed by atoms with Gasteiger partial charge in [0.1, 0.15) is 0 Å². The van der Waals surface area contributed by atoms with Gasteiger partial charge in [0.15, 0.2) is 0 Å². The van der Waals surface area contributed by atoms with Crippen LogP contribution in [0.2, 0.25) is 0 Å². The zero-order valence-electron chi connectivity index (χ0n) is 20.0. The SMILES string of the molecule is CCOCCCn1c(NC(=O)CCc2nc(-c3ccc(C(C)C)cc3)no2)nc2ccccc21. The number of para-hydroxylation sites is 2. The number of rotatable bonds is 11. The van der Waals surface area contributed by atoms with Crippen molar-refractivity contribution in [1.82, 2.24) is 19.7 Å². The largest absolute Gasteiger partial charge is 0.382 e. The van der Waals surface area contributed by atoms with E-state index in [1.165, 1.54) is 5.56 Å². The number of imidazole rings is 1. The Morgan fingerprint density at radius 3 is 2.68 bits per heavy atom. The van der Waals surface area contributed by atoms with Crippen molar-refractivity contribution in [2.45, 2.75) is 52.5 Å². The first-order chi connectivity index (χ1) is 16.5. The minimum atomic E-state index is -0.151. The first-order valence-electron chi connectivity index (χ1n) is 11.8. The quantitative estimate of drug-likeness (QED) is 0.308. The summed E-state index contributed by atoms with van der Waals surface area (Å²) in [5.74, 6) is 1.82. The molecule has 0 fully saturated rings. The van der Waals surface area contributed by atoms with E-state index in [1.807, 2.05) is 47.9 Å². The van der Waals surface area contributed by atoms with Crippen LogP contribution >= 0.6 is 0 Å². The van der Waals surface area contributed by atoms with Crippen molar-refractivity contribution in [2.24, 2.45) is 0 Å². The Morgan fingerprint density at radius 1 is 1.12 bits per heavy atom. The second kappa shape index (κ2) is 11.1. The van der Waals surface area contributed by atoms with Crippen LogP contribution in [0.1, 0.15) is 51.0 Å². The van der Waals surface area contributed by atoms with Gasteiger partial charge < -0.3 is 13.8 Å². The lowest BCUT2D eigenvalue weighted by molar-refractivity contribution is -0.116. The van der Waals surface area contributed by atoms with Gasteiger partial charge in [0, 0.05) is 38.2 Å². The summed E-state index contributed by atoms with van der Waals surface area (Å²) < 4.78 is 12.9. The molecule has 1 N–H and O–H groups in total. The van der Waals surface area contributed by atoms with Crippen LogP contribution in [-0.2, 0) is 22.5 Å². The number of amides is 1. The highest BCUT2D eigenvalue weighted by atomic mass is 16.5.